The highest BCUT2D eigenvalue weighted by Crippen LogP contribution is 2.47. The van der Waals surface area contributed by atoms with Crippen LogP contribution in [-0.4, -0.2) is 43.7 Å². The van der Waals surface area contributed by atoms with Gasteiger partial charge in [0.15, 0.2) is 0 Å². The van der Waals surface area contributed by atoms with Crippen LogP contribution in [-0.2, 0) is 16.0 Å². The molecular formula is C31H31N3O6. The molecule has 2 fully saturated rings. The van der Waals surface area contributed by atoms with E-state index in [4.69, 9.17) is 14.5 Å². The molecule has 9 nitrogen and oxygen atoms in total. The molecule has 0 spiro atoms. The van der Waals surface area contributed by atoms with Crippen LogP contribution in [0.2, 0.25) is 0 Å². The largest absolute Gasteiger partial charge is 0.481 e. The number of benzene rings is 2. The number of rotatable bonds is 9. The van der Waals surface area contributed by atoms with Crippen molar-refractivity contribution in [1.82, 2.24) is 14.9 Å². The summed E-state index contributed by atoms with van der Waals surface area (Å²) < 4.78 is 7.58. The van der Waals surface area contributed by atoms with Gasteiger partial charge in [-0.2, -0.15) is 0 Å². The van der Waals surface area contributed by atoms with E-state index in [9.17, 15) is 19.5 Å². The molecule has 3 atom stereocenters. The predicted octanol–water partition coefficient (Wildman–Crippen LogP) is 5.42. The smallest absolute Gasteiger partial charge is 0.326 e. The number of carbonyl (C=O) groups is 3. The van der Waals surface area contributed by atoms with Crippen molar-refractivity contribution in [2.24, 2.45) is 5.92 Å². The van der Waals surface area contributed by atoms with Crippen molar-refractivity contribution in [3.8, 4) is 11.4 Å². The van der Waals surface area contributed by atoms with E-state index in [1.54, 1.807) is 36.8 Å². The lowest BCUT2D eigenvalue weighted by Crippen LogP contribution is -2.42. The van der Waals surface area contributed by atoms with Crippen LogP contribution in [0.1, 0.15) is 72.0 Å². The fraction of sp³-hybridized carbons (Fsp3) is 0.355. The molecule has 206 valence electrons. The second-order valence-corrected chi connectivity index (χ2v) is 10.9. The summed E-state index contributed by atoms with van der Waals surface area (Å²) >= 11 is 0. The number of carboxylic acid groups (broad SMARTS) is 2. The van der Waals surface area contributed by atoms with Crippen molar-refractivity contribution in [3.63, 3.8) is 0 Å². The molecule has 1 amide bonds. The summed E-state index contributed by atoms with van der Waals surface area (Å²) in [5, 5.41) is 21.7. The maximum absolute atomic E-state index is 13.2. The van der Waals surface area contributed by atoms with Crippen LogP contribution in [0, 0.1) is 5.92 Å². The molecule has 4 aromatic rings. The number of hydrogen-bond acceptors (Lipinski definition) is 5. The van der Waals surface area contributed by atoms with Crippen LogP contribution >= 0.6 is 0 Å². The fourth-order valence-electron chi connectivity index (χ4n) is 5.96. The minimum atomic E-state index is -1.13. The first-order valence-electron chi connectivity index (χ1n) is 13.8. The Morgan fingerprint density at radius 2 is 1.80 bits per heavy atom. The van der Waals surface area contributed by atoms with Gasteiger partial charge in [-0.15, -0.1) is 0 Å². The number of aromatic nitrogens is 2. The number of hydrogen-bond donors (Lipinski definition) is 3. The highest BCUT2D eigenvalue weighted by molar-refractivity contribution is 5.99. The predicted molar refractivity (Wildman–Crippen MR) is 147 cm³/mol. The van der Waals surface area contributed by atoms with E-state index in [0.717, 1.165) is 40.9 Å². The molecule has 2 aliphatic carbocycles. The molecule has 2 heterocycles. The second kappa shape index (κ2) is 10.6. The average molecular weight is 542 g/mol. The lowest BCUT2D eigenvalue weighted by Gasteiger charge is -2.25. The van der Waals surface area contributed by atoms with Gasteiger partial charge in [0.1, 0.15) is 18.1 Å². The lowest BCUT2D eigenvalue weighted by molar-refractivity contribution is -0.139. The molecule has 3 N–H and O–H groups in total. The maximum Gasteiger partial charge on any atom is 0.326 e. The van der Waals surface area contributed by atoms with Crippen LogP contribution in [0.3, 0.4) is 0 Å². The molecule has 2 aliphatic rings. The monoisotopic (exact) mass is 541 g/mol. The van der Waals surface area contributed by atoms with Gasteiger partial charge in [-0.3, -0.25) is 9.59 Å². The number of fused-ring (bicyclic) bond motifs is 1. The second-order valence-electron chi connectivity index (χ2n) is 10.9. The molecule has 2 saturated carbocycles. The highest BCUT2D eigenvalue weighted by Gasteiger charge is 2.44. The number of carbonyl (C=O) groups excluding carboxylic acids is 1. The van der Waals surface area contributed by atoms with Crippen molar-refractivity contribution in [2.45, 2.75) is 62.9 Å². The number of imidazole rings is 1. The molecular weight excluding hydrogens is 510 g/mol. The Morgan fingerprint density at radius 3 is 2.45 bits per heavy atom. The summed E-state index contributed by atoms with van der Waals surface area (Å²) in [6.07, 6.45) is 9.73. The third-order valence-electron chi connectivity index (χ3n) is 8.23. The Hall–Kier alpha value is -4.40. The van der Waals surface area contributed by atoms with Gasteiger partial charge in [-0.1, -0.05) is 43.5 Å². The van der Waals surface area contributed by atoms with E-state index in [0.29, 0.717) is 23.5 Å². The van der Waals surface area contributed by atoms with Crippen molar-refractivity contribution >= 4 is 28.9 Å². The summed E-state index contributed by atoms with van der Waals surface area (Å²) in [6, 6.07) is 13.7. The third kappa shape index (κ3) is 5.11. The van der Waals surface area contributed by atoms with E-state index in [2.05, 4.69) is 9.88 Å². The van der Waals surface area contributed by atoms with E-state index in [1.807, 2.05) is 24.3 Å². The zero-order chi connectivity index (χ0) is 27.8. The van der Waals surface area contributed by atoms with E-state index < -0.39 is 23.9 Å². The van der Waals surface area contributed by atoms with Gasteiger partial charge < -0.3 is 24.5 Å². The molecule has 0 bridgehead atoms. The number of furan rings is 1. The first-order chi connectivity index (χ1) is 19.4. The summed E-state index contributed by atoms with van der Waals surface area (Å²) in [4.78, 5) is 41.2. The Balaban J connectivity index is 1.21. The Bertz CT molecular complexity index is 1550. The van der Waals surface area contributed by atoms with Gasteiger partial charge in [0.25, 0.3) is 5.91 Å². The molecule has 0 aliphatic heterocycles. The van der Waals surface area contributed by atoms with Gasteiger partial charge in [0.05, 0.1) is 28.8 Å². The Morgan fingerprint density at radius 1 is 1.02 bits per heavy atom. The van der Waals surface area contributed by atoms with Crippen molar-refractivity contribution in [1.29, 1.82) is 0 Å². The third-order valence-corrected chi connectivity index (χ3v) is 8.23. The normalized spacial score (nSPS) is 19.8. The SMILES string of the molecule is O=C(N[C@@H](Cc1ccc(C2CC2C(=O)O)cc1)C(=O)O)c1ccc2c(c1)nc(-c1ccoc1)n2C1CCCCC1. The van der Waals surface area contributed by atoms with Crippen LogP contribution in [0.4, 0.5) is 0 Å². The van der Waals surface area contributed by atoms with E-state index in [1.165, 1.54) is 19.3 Å². The van der Waals surface area contributed by atoms with Crippen molar-refractivity contribution in [3.05, 3.63) is 77.7 Å². The van der Waals surface area contributed by atoms with Gasteiger partial charge in [0.2, 0.25) is 0 Å². The van der Waals surface area contributed by atoms with Crippen LogP contribution in [0.15, 0.2) is 65.5 Å². The number of amides is 1. The molecule has 6 rings (SSSR count). The molecule has 2 aromatic carbocycles. The summed E-state index contributed by atoms with van der Waals surface area (Å²) in [7, 11) is 0. The summed E-state index contributed by atoms with van der Waals surface area (Å²) in [6.45, 7) is 0. The van der Waals surface area contributed by atoms with Crippen LogP contribution in [0.25, 0.3) is 22.4 Å². The van der Waals surface area contributed by atoms with Gasteiger partial charge in [0, 0.05) is 18.0 Å². The van der Waals surface area contributed by atoms with Crippen LogP contribution < -0.4 is 5.32 Å². The average Bonchev–Trinajstić information content (AvgIpc) is 3.40. The summed E-state index contributed by atoms with van der Waals surface area (Å²) in [5.41, 5.74) is 4.52. The maximum atomic E-state index is 13.2. The number of nitrogens with zero attached hydrogens (tertiary/aromatic N) is 2. The zero-order valence-corrected chi connectivity index (χ0v) is 22.0. The molecule has 2 unspecified atom stereocenters. The first-order valence-corrected chi connectivity index (χ1v) is 13.8. The van der Waals surface area contributed by atoms with Crippen molar-refractivity contribution in [2.75, 3.05) is 0 Å². The number of carboxylic acids is 2. The standard InChI is InChI=1S/C31H31N3O6/c35-29(33-26(31(38)39)14-18-6-8-19(9-7-18)23-16-24(23)30(36)37)20-10-11-27-25(15-20)32-28(21-12-13-40-17-21)34(27)22-4-2-1-3-5-22/h6-13,15,17,22-24,26H,1-5,14,16H2,(H,33,35)(H,36,37)(H,38,39)/t23?,24?,26-/m0/s1. The van der Waals surface area contributed by atoms with Gasteiger partial charge in [-0.25, -0.2) is 9.78 Å². The lowest BCUT2D eigenvalue weighted by atomic mass is 9.95. The number of nitrogens with one attached hydrogen (secondary N) is 1. The van der Waals surface area contributed by atoms with Gasteiger partial charge >= 0.3 is 11.9 Å². The van der Waals surface area contributed by atoms with Crippen LogP contribution in [0.5, 0.6) is 0 Å². The highest BCUT2D eigenvalue weighted by atomic mass is 16.4. The quantitative estimate of drug-likeness (QED) is 0.258. The molecule has 0 saturated heterocycles. The summed E-state index contributed by atoms with van der Waals surface area (Å²) in [5.74, 6) is -1.94. The van der Waals surface area contributed by atoms with E-state index >= 15 is 0 Å². The Labute approximate surface area is 230 Å². The first kappa shape index (κ1) is 25.9. The number of aliphatic carboxylic acids is 2. The molecule has 9 heteroatoms. The zero-order valence-electron chi connectivity index (χ0n) is 22.0. The Kier molecular flexibility index (Phi) is 6.88. The van der Waals surface area contributed by atoms with Crippen molar-refractivity contribution < 1.29 is 29.0 Å². The fourth-order valence-corrected chi connectivity index (χ4v) is 5.96. The molecule has 0 radical (unpaired) electrons. The minimum absolute atomic E-state index is 0.00653. The topological polar surface area (TPSA) is 135 Å². The minimum Gasteiger partial charge on any atom is -0.481 e. The molecule has 2 aromatic heterocycles. The molecule has 40 heavy (non-hydrogen) atoms. The van der Waals surface area contributed by atoms with Gasteiger partial charge in [-0.05, 0) is 60.6 Å². The van der Waals surface area contributed by atoms with E-state index in [-0.39, 0.29) is 18.3 Å².